The van der Waals surface area contributed by atoms with Gasteiger partial charge in [0.1, 0.15) is 0 Å². The lowest BCUT2D eigenvalue weighted by atomic mass is 9.99. The van der Waals surface area contributed by atoms with Crippen molar-refractivity contribution in [1.82, 2.24) is 4.90 Å². The van der Waals surface area contributed by atoms with Crippen LogP contribution in [0.4, 0.5) is 0 Å². The maximum atomic E-state index is 6.31. The summed E-state index contributed by atoms with van der Waals surface area (Å²) in [4.78, 5) is 2.23. The predicted octanol–water partition coefficient (Wildman–Crippen LogP) is 3.70. The molecule has 0 amide bonds. The molecule has 0 aromatic carbocycles. The smallest absolute Gasteiger partial charge is 0.0709 e. The number of likely N-dealkylation sites (N-methyl/N-ethyl adjacent to an activating group) is 1. The van der Waals surface area contributed by atoms with Gasteiger partial charge in [0.25, 0.3) is 0 Å². The van der Waals surface area contributed by atoms with Crippen molar-refractivity contribution in [1.29, 1.82) is 0 Å². The number of hydrogen-bond acceptors (Lipinski definition) is 2. The largest absolute Gasteiger partial charge is 0.371 e. The Balaban J connectivity index is 4.27. The molecule has 0 bridgehead atoms. The molecule has 16 heavy (non-hydrogen) atoms. The van der Waals surface area contributed by atoms with Gasteiger partial charge in [-0.05, 0) is 40.3 Å². The first kappa shape index (κ1) is 15.9. The van der Waals surface area contributed by atoms with E-state index in [4.69, 9.17) is 4.74 Å². The minimum absolute atomic E-state index is 0.0639. The molecule has 0 saturated carbocycles. The Morgan fingerprint density at radius 2 is 1.69 bits per heavy atom. The third kappa shape index (κ3) is 6.49. The van der Waals surface area contributed by atoms with Crippen LogP contribution in [0.1, 0.15) is 59.8 Å². The second-order valence-corrected chi connectivity index (χ2v) is 5.30. The van der Waals surface area contributed by atoms with Gasteiger partial charge in [-0.1, -0.05) is 33.6 Å². The average molecular weight is 229 g/mol. The first-order valence-corrected chi connectivity index (χ1v) is 6.80. The van der Waals surface area contributed by atoms with Gasteiger partial charge < -0.3 is 9.64 Å². The molecule has 0 fully saturated rings. The Kier molecular flexibility index (Phi) is 8.04. The summed E-state index contributed by atoms with van der Waals surface area (Å²) in [7, 11) is 4.25. The zero-order valence-corrected chi connectivity index (χ0v) is 12.2. The van der Waals surface area contributed by atoms with Crippen molar-refractivity contribution in [2.45, 2.75) is 71.5 Å². The number of unbranched alkanes of at least 4 members (excludes halogenated alkanes) is 1. The molecule has 1 atom stereocenters. The van der Waals surface area contributed by atoms with Crippen LogP contribution in [0.15, 0.2) is 0 Å². The van der Waals surface area contributed by atoms with E-state index in [9.17, 15) is 0 Å². The van der Waals surface area contributed by atoms with Crippen LogP contribution < -0.4 is 0 Å². The maximum absolute atomic E-state index is 6.31. The van der Waals surface area contributed by atoms with E-state index in [2.05, 4.69) is 46.7 Å². The first-order valence-electron chi connectivity index (χ1n) is 6.80. The van der Waals surface area contributed by atoms with Gasteiger partial charge in [0.2, 0.25) is 0 Å². The molecule has 0 aromatic heterocycles. The summed E-state index contributed by atoms with van der Waals surface area (Å²) in [5, 5.41) is 0. The van der Waals surface area contributed by atoms with Crippen LogP contribution >= 0.6 is 0 Å². The van der Waals surface area contributed by atoms with E-state index < -0.39 is 0 Å². The molecule has 0 aliphatic rings. The third-order valence-electron chi connectivity index (χ3n) is 3.40. The van der Waals surface area contributed by atoms with E-state index in [1.54, 1.807) is 0 Å². The van der Waals surface area contributed by atoms with Crippen LogP contribution in [0.2, 0.25) is 0 Å². The Bertz CT molecular complexity index is 164. The second kappa shape index (κ2) is 8.08. The molecule has 0 radical (unpaired) electrons. The predicted molar refractivity (Wildman–Crippen MR) is 71.9 cm³/mol. The van der Waals surface area contributed by atoms with E-state index in [1.807, 2.05) is 0 Å². The fraction of sp³-hybridized carbons (Fsp3) is 1.00. The van der Waals surface area contributed by atoms with Gasteiger partial charge in [-0.3, -0.25) is 0 Å². The van der Waals surface area contributed by atoms with Crippen molar-refractivity contribution >= 4 is 0 Å². The SMILES string of the molecule is CCCCC(CN(C)C)OC(C)(CC)CC. The lowest BCUT2D eigenvalue weighted by Gasteiger charge is -2.34. The molecule has 1 unspecified atom stereocenters. The highest BCUT2D eigenvalue weighted by Gasteiger charge is 2.25. The van der Waals surface area contributed by atoms with Gasteiger partial charge in [-0.25, -0.2) is 0 Å². The lowest BCUT2D eigenvalue weighted by molar-refractivity contribution is -0.0966. The van der Waals surface area contributed by atoms with Gasteiger partial charge in [-0.15, -0.1) is 0 Å². The highest BCUT2D eigenvalue weighted by Crippen LogP contribution is 2.23. The summed E-state index contributed by atoms with van der Waals surface area (Å²) in [5.41, 5.74) is 0.0639. The second-order valence-electron chi connectivity index (χ2n) is 5.30. The number of hydrogen-bond donors (Lipinski definition) is 0. The minimum atomic E-state index is 0.0639. The minimum Gasteiger partial charge on any atom is -0.371 e. The van der Waals surface area contributed by atoms with Gasteiger partial charge in [0.05, 0.1) is 11.7 Å². The standard InChI is InChI=1S/C14H31NO/c1-7-10-11-13(12-15(5)6)16-14(4,8-2)9-3/h13H,7-12H2,1-6H3. The molecule has 98 valence electrons. The molecular formula is C14H31NO. The van der Waals surface area contributed by atoms with Crippen LogP contribution in [0.3, 0.4) is 0 Å². The fourth-order valence-corrected chi connectivity index (χ4v) is 1.85. The van der Waals surface area contributed by atoms with Crippen molar-refractivity contribution in [3.05, 3.63) is 0 Å². The molecule has 2 nitrogen and oxygen atoms in total. The van der Waals surface area contributed by atoms with Crippen LogP contribution in [0.25, 0.3) is 0 Å². The molecule has 0 spiro atoms. The van der Waals surface area contributed by atoms with Crippen LogP contribution in [0, 0.1) is 0 Å². The van der Waals surface area contributed by atoms with Gasteiger partial charge >= 0.3 is 0 Å². The molecule has 0 N–H and O–H groups in total. The molecule has 0 saturated heterocycles. The van der Waals surface area contributed by atoms with Crippen molar-refractivity contribution in [3.63, 3.8) is 0 Å². The Morgan fingerprint density at radius 3 is 2.06 bits per heavy atom. The van der Waals surface area contributed by atoms with Crippen molar-refractivity contribution in [2.24, 2.45) is 0 Å². The van der Waals surface area contributed by atoms with E-state index in [-0.39, 0.29) is 5.60 Å². The van der Waals surface area contributed by atoms with Crippen LogP contribution in [0.5, 0.6) is 0 Å². The molecule has 0 heterocycles. The Morgan fingerprint density at radius 1 is 1.12 bits per heavy atom. The summed E-state index contributed by atoms with van der Waals surface area (Å²) < 4.78 is 6.31. The quantitative estimate of drug-likeness (QED) is 0.598. The maximum Gasteiger partial charge on any atom is 0.0709 e. The molecule has 0 aromatic rings. The number of rotatable bonds is 9. The van der Waals surface area contributed by atoms with Crippen LogP contribution in [-0.4, -0.2) is 37.2 Å². The summed E-state index contributed by atoms with van der Waals surface area (Å²) in [6, 6.07) is 0. The van der Waals surface area contributed by atoms with E-state index in [0.29, 0.717) is 6.10 Å². The molecule has 0 aliphatic carbocycles. The lowest BCUT2D eigenvalue weighted by Crippen LogP contribution is -2.37. The average Bonchev–Trinajstić information content (AvgIpc) is 2.25. The van der Waals surface area contributed by atoms with Gasteiger partial charge in [0.15, 0.2) is 0 Å². The Labute approximate surface area is 102 Å². The summed E-state index contributed by atoms with van der Waals surface area (Å²) >= 11 is 0. The van der Waals surface area contributed by atoms with Crippen LogP contribution in [-0.2, 0) is 4.74 Å². The normalized spacial score (nSPS) is 14.4. The zero-order chi connectivity index (χ0) is 12.6. The number of ether oxygens (including phenoxy) is 1. The van der Waals surface area contributed by atoms with Gasteiger partial charge in [0, 0.05) is 6.54 Å². The molecule has 0 aliphatic heterocycles. The summed E-state index contributed by atoms with van der Waals surface area (Å²) in [6.45, 7) is 9.95. The molecule has 2 heteroatoms. The van der Waals surface area contributed by atoms with E-state index >= 15 is 0 Å². The summed E-state index contributed by atoms with van der Waals surface area (Å²) in [5.74, 6) is 0. The topological polar surface area (TPSA) is 12.5 Å². The van der Waals surface area contributed by atoms with Crippen molar-refractivity contribution < 1.29 is 4.74 Å². The van der Waals surface area contributed by atoms with Crippen molar-refractivity contribution in [2.75, 3.05) is 20.6 Å². The third-order valence-corrected chi connectivity index (χ3v) is 3.40. The monoisotopic (exact) mass is 229 g/mol. The highest BCUT2D eigenvalue weighted by molar-refractivity contribution is 4.75. The highest BCUT2D eigenvalue weighted by atomic mass is 16.5. The van der Waals surface area contributed by atoms with E-state index in [1.165, 1.54) is 19.3 Å². The summed E-state index contributed by atoms with van der Waals surface area (Å²) in [6.07, 6.45) is 6.29. The fourth-order valence-electron chi connectivity index (χ4n) is 1.85. The molecule has 0 rings (SSSR count). The van der Waals surface area contributed by atoms with Gasteiger partial charge in [-0.2, -0.15) is 0 Å². The Hall–Kier alpha value is -0.0800. The van der Waals surface area contributed by atoms with Crippen molar-refractivity contribution in [3.8, 4) is 0 Å². The zero-order valence-electron chi connectivity index (χ0n) is 12.2. The molecular weight excluding hydrogens is 198 g/mol. The van der Waals surface area contributed by atoms with E-state index in [0.717, 1.165) is 19.4 Å². The first-order chi connectivity index (χ1) is 7.47. The number of nitrogens with zero attached hydrogens (tertiary/aromatic N) is 1.